The van der Waals surface area contributed by atoms with Gasteiger partial charge in [0.1, 0.15) is 5.75 Å². The molecule has 2 rings (SSSR count). The lowest BCUT2D eigenvalue weighted by Gasteiger charge is -2.12. The van der Waals surface area contributed by atoms with Gasteiger partial charge in [-0.2, -0.15) is 0 Å². The van der Waals surface area contributed by atoms with Gasteiger partial charge in [0.25, 0.3) is 5.91 Å². The van der Waals surface area contributed by atoms with Crippen molar-refractivity contribution in [1.29, 1.82) is 0 Å². The van der Waals surface area contributed by atoms with E-state index in [4.69, 9.17) is 4.74 Å². The molecule has 1 N–H and O–H groups in total. The van der Waals surface area contributed by atoms with Gasteiger partial charge >= 0.3 is 0 Å². The van der Waals surface area contributed by atoms with E-state index in [9.17, 15) is 4.79 Å². The first kappa shape index (κ1) is 14.6. The lowest BCUT2D eigenvalue weighted by molar-refractivity contribution is 0.102. The Kier molecular flexibility index (Phi) is 5.18. The van der Waals surface area contributed by atoms with Crippen LogP contribution in [0.3, 0.4) is 0 Å². The van der Waals surface area contributed by atoms with Crippen LogP contribution in [0.5, 0.6) is 5.75 Å². The second kappa shape index (κ2) is 7.10. The van der Waals surface area contributed by atoms with Gasteiger partial charge in [-0.1, -0.05) is 46.3 Å². The van der Waals surface area contributed by atoms with Crippen LogP contribution < -0.4 is 10.1 Å². The third-order valence-electron chi connectivity index (χ3n) is 2.84. The molecule has 0 aromatic heterocycles. The Balaban J connectivity index is 2.24. The van der Waals surface area contributed by atoms with Crippen molar-refractivity contribution in [2.45, 2.75) is 12.3 Å². The monoisotopic (exact) mass is 333 g/mol. The van der Waals surface area contributed by atoms with E-state index >= 15 is 0 Å². The van der Waals surface area contributed by atoms with E-state index in [-0.39, 0.29) is 5.91 Å². The van der Waals surface area contributed by atoms with Crippen LogP contribution in [-0.2, 0) is 5.33 Å². The van der Waals surface area contributed by atoms with Crippen molar-refractivity contribution < 1.29 is 9.53 Å². The highest BCUT2D eigenvalue weighted by molar-refractivity contribution is 9.08. The maximum atomic E-state index is 12.4. The van der Waals surface area contributed by atoms with Gasteiger partial charge in [0.05, 0.1) is 12.2 Å². The minimum absolute atomic E-state index is 0.164. The standard InChI is InChI=1S/C16H16BrNO2/c1-2-20-15-10-6-4-8-13(15)16(19)18-14-9-5-3-7-12(14)11-17/h3-10H,2,11H2,1H3,(H,18,19). The summed E-state index contributed by atoms with van der Waals surface area (Å²) in [5.41, 5.74) is 2.38. The van der Waals surface area contributed by atoms with Crippen LogP contribution in [0, 0.1) is 0 Å². The van der Waals surface area contributed by atoms with Crippen LogP contribution in [0.4, 0.5) is 5.69 Å². The molecule has 0 aliphatic carbocycles. The Hall–Kier alpha value is -1.81. The second-order valence-electron chi connectivity index (χ2n) is 4.17. The summed E-state index contributed by atoms with van der Waals surface area (Å²) < 4.78 is 5.48. The smallest absolute Gasteiger partial charge is 0.259 e. The van der Waals surface area contributed by atoms with E-state index in [1.807, 2.05) is 43.3 Å². The lowest BCUT2D eigenvalue weighted by Crippen LogP contribution is -2.14. The molecule has 1 amide bonds. The molecule has 0 atom stereocenters. The van der Waals surface area contributed by atoms with Crippen LogP contribution in [0.25, 0.3) is 0 Å². The minimum atomic E-state index is -0.164. The number of carbonyl (C=O) groups excluding carboxylic acids is 1. The molecule has 104 valence electrons. The van der Waals surface area contributed by atoms with Crippen molar-refractivity contribution in [2.24, 2.45) is 0 Å². The number of ether oxygens (including phenoxy) is 1. The van der Waals surface area contributed by atoms with Crippen LogP contribution in [0.1, 0.15) is 22.8 Å². The average molecular weight is 334 g/mol. The normalized spacial score (nSPS) is 10.1. The fourth-order valence-electron chi connectivity index (χ4n) is 1.88. The van der Waals surface area contributed by atoms with Gasteiger partial charge in [-0.25, -0.2) is 0 Å². The number of hydrogen-bond donors (Lipinski definition) is 1. The first-order chi connectivity index (χ1) is 9.76. The SMILES string of the molecule is CCOc1ccccc1C(=O)Nc1ccccc1CBr. The molecule has 0 fully saturated rings. The van der Waals surface area contributed by atoms with Crippen molar-refractivity contribution >= 4 is 27.5 Å². The van der Waals surface area contributed by atoms with Crippen molar-refractivity contribution in [3.05, 3.63) is 59.7 Å². The average Bonchev–Trinajstić information content (AvgIpc) is 2.48. The summed E-state index contributed by atoms with van der Waals surface area (Å²) in [4.78, 5) is 12.4. The van der Waals surface area contributed by atoms with Crippen molar-refractivity contribution in [2.75, 3.05) is 11.9 Å². The minimum Gasteiger partial charge on any atom is -0.493 e. The summed E-state index contributed by atoms with van der Waals surface area (Å²) in [6.45, 7) is 2.43. The summed E-state index contributed by atoms with van der Waals surface area (Å²) in [5, 5.41) is 3.62. The Morgan fingerprint density at radius 2 is 1.85 bits per heavy atom. The first-order valence-electron chi connectivity index (χ1n) is 6.43. The summed E-state index contributed by atoms with van der Waals surface area (Å²) >= 11 is 3.42. The van der Waals surface area contributed by atoms with Gasteiger partial charge in [-0.05, 0) is 30.7 Å². The van der Waals surface area contributed by atoms with Gasteiger partial charge in [0.2, 0.25) is 0 Å². The molecule has 0 saturated heterocycles. The zero-order valence-corrected chi connectivity index (χ0v) is 12.8. The quantitative estimate of drug-likeness (QED) is 0.831. The Bertz CT molecular complexity index is 599. The molecule has 3 nitrogen and oxygen atoms in total. The van der Waals surface area contributed by atoms with E-state index in [1.165, 1.54) is 0 Å². The highest BCUT2D eigenvalue weighted by Crippen LogP contribution is 2.22. The van der Waals surface area contributed by atoms with Gasteiger partial charge < -0.3 is 10.1 Å². The van der Waals surface area contributed by atoms with Crippen molar-refractivity contribution in [3.8, 4) is 5.75 Å². The second-order valence-corrected chi connectivity index (χ2v) is 4.73. The third-order valence-corrected chi connectivity index (χ3v) is 3.45. The van der Waals surface area contributed by atoms with Crippen LogP contribution in [0.2, 0.25) is 0 Å². The van der Waals surface area contributed by atoms with Gasteiger partial charge in [-0.15, -0.1) is 0 Å². The number of alkyl halides is 1. The predicted molar refractivity (Wildman–Crippen MR) is 84.6 cm³/mol. The molecule has 4 heteroatoms. The molecule has 20 heavy (non-hydrogen) atoms. The van der Waals surface area contributed by atoms with Crippen molar-refractivity contribution in [1.82, 2.24) is 0 Å². The number of hydrogen-bond acceptors (Lipinski definition) is 2. The largest absolute Gasteiger partial charge is 0.493 e. The molecule has 0 saturated carbocycles. The van der Waals surface area contributed by atoms with E-state index < -0.39 is 0 Å². The lowest BCUT2D eigenvalue weighted by atomic mass is 10.1. The number of nitrogens with one attached hydrogen (secondary N) is 1. The molecule has 0 aliphatic heterocycles. The molecule has 0 radical (unpaired) electrons. The first-order valence-corrected chi connectivity index (χ1v) is 7.55. The maximum Gasteiger partial charge on any atom is 0.259 e. The summed E-state index contributed by atoms with van der Waals surface area (Å²) in [6.07, 6.45) is 0. The summed E-state index contributed by atoms with van der Waals surface area (Å²) in [7, 11) is 0. The van der Waals surface area contributed by atoms with E-state index in [2.05, 4.69) is 21.2 Å². The highest BCUT2D eigenvalue weighted by Gasteiger charge is 2.13. The van der Waals surface area contributed by atoms with Gasteiger partial charge in [-0.3, -0.25) is 4.79 Å². The summed E-state index contributed by atoms with van der Waals surface area (Å²) in [6, 6.07) is 14.9. The molecule has 0 spiro atoms. The Morgan fingerprint density at radius 3 is 2.60 bits per heavy atom. The number of anilines is 1. The van der Waals surface area contributed by atoms with Gasteiger partial charge in [0, 0.05) is 11.0 Å². The Morgan fingerprint density at radius 1 is 1.15 bits per heavy atom. The third kappa shape index (κ3) is 3.39. The molecule has 0 bridgehead atoms. The topological polar surface area (TPSA) is 38.3 Å². The van der Waals surface area contributed by atoms with E-state index in [0.717, 1.165) is 11.3 Å². The zero-order valence-electron chi connectivity index (χ0n) is 11.2. The Labute approximate surface area is 127 Å². The number of halogens is 1. The van der Waals surface area contributed by atoms with Gasteiger partial charge in [0.15, 0.2) is 0 Å². The summed E-state index contributed by atoms with van der Waals surface area (Å²) in [5.74, 6) is 0.436. The van der Waals surface area contributed by atoms with Crippen LogP contribution in [0.15, 0.2) is 48.5 Å². The maximum absolute atomic E-state index is 12.4. The molecular weight excluding hydrogens is 318 g/mol. The number of benzene rings is 2. The number of rotatable bonds is 5. The van der Waals surface area contributed by atoms with Crippen molar-refractivity contribution in [3.63, 3.8) is 0 Å². The fourth-order valence-corrected chi connectivity index (χ4v) is 2.37. The molecule has 0 aliphatic rings. The fraction of sp³-hybridized carbons (Fsp3) is 0.188. The zero-order chi connectivity index (χ0) is 14.4. The highest BCUT2D eigenvalue weighted by atomic mass is 79.9. The molecule has 2 aromatic carbocycles. The van der Waals surface area contributed by atoms with E-state index in [1.54, 1.807) is 12.1 Å². The predicted octanol–water partition coefficient (Wildman–Crippen LogP) is 4.23. The number of carbonyl (C=O) groups is 1. The number of amides is 1. The van der Waals surface area contributed by atoms with Crippen LogP contribution >= 0.6 is 15.9 Å². The molecule has 2 aromatic rings. The molecular formula is C16H16BrNO2. The van der Waals surface area contributed by atoms with Crippen LogP contribution in [-0.4, -0.2) is 12.5 Å². The molecule has 0 unspecified atom stereocenters. The van der Waals surface area contributed by atoms with E-state index in [0.29, 0.717) is 23.2 Å². The number of para-hydroxylation sites is 2. The molecule has 0 heterocycles.